The van der Waals surface area contributed by atoms with Gasteiger partial charge in [-0.2, -0.15) is 0 Å². The lowest BCUT2D eigenvalue weighted by Crippen LogP contribution is -2.45. The van der Waals surface area contributed by atoms with Gasteiger partial charge >= 0.3 is 0 Å². The number of pyridine rings is 1. The molecule has 2 aliphatic rings. The van der Waals surface area contributed by atoms with Gasteiger partial charge in [-0.15, -0.1) is 0 Å². The summed E-state index contributed by atoms with van der Waals surface area (Å²) in [4.78, 5) is 16.6. The van der Waals surface area contributed by atoms with Crippen molar-refractivity contribution < 1.29 is 5.11 Å². The first-order valence-corrected chi connectivity index (χ1v) is 12.6. The fourth-order valence-electron chi connectivity index (χ4n) is 5.83. The number of nitrogens with zero attached hydrogens (tertiary/aromatic N) is 5. The third-order valence-electron chi connectivity index (χ3n) is 7.75. The van der Waals surface area contributed by atoms with Crippen LogP contribution in [0.5, 0.6) is 0 Å². The largest absolute Gasteiger partial charge is 0.390 e. The number of hydrogen-bond acceptors (Lipinski definition) is 6. The number of halogens is 2. The highest BCUT2D eigenvalue weighted by atomic mass is 35.5. The summed E-state index contributed by atoms with van der Waals surface area (Å²) in [5, 5.41) is 11.0. The van der Waals surface area contributed by atoms with Crippen LogP contribution in [0.25, 0.3) is 16.8 Å². The van der Waals surface area contributed by atoms with Gasteiger partial charge in [0.2, 0.25) is 5.95 Å². The summed E-state index contributed by atoms with van der Waals surface area (Å²) in [6.45, 7) is 3.43. The number of aromatic nitrogens is 4. The van der Waals surface area contributed by atoms with E-state index < -0.39 is 0 Å². The molecular weight excluding hydrogens is 483 g/mol. The molecule has 1 aromatic carbocycles. The van der Waals surface area contributed by atoms with Crippen LogP contribution >= 0.6 is 23.2 Å². The van der Waals surface area contributed by atoms with E-state index >= 15 is 0 Å². The zero-order valence-electron chi connectivity index (χ0n) is 19.4. The molecule has 4 heterocycles. The number of aliphatic hydroxyl groups excluding tert-OH is 1. The van der Waals surface area contributed by atoms with Crippen LogP contribution in [-0.4, -0.2) is 37.5 Å². The normalized spacial score (nSPS) is 19.0. The lowest BCUT2D eigenvalue weighted by molar-refractivity contribution is 0.186. The van der Waals surface area contributed by atoms with Crippen molar-refractivity contribution in [2.45, 2.75) is 38.8 Å². The van der Waals surface area contributed by atoms with E-state index in [4.69, 9.17) is 33.9 Å². The van der Waals surface area contributed by atoms with Gasteiger partial charge < -0.3 is 15.7 Å². The fourth-order valence-corrected chi connectivity index (χ4v) is 6.23. The third kappa shape index (κ3) is 3.44. The van der Waals surface area contributed by atoms with Gasteiger partial charge in [-0.3, -0.25) is 9.38 Å². The minimum absolute atomic E-state index is 0.00309. The number of aryl methyl sites for hydroxylation is 1. The molecule has 35 heavy (non-hydrogen) atoms. The first-order chi connectivity index (χ1) is 16.9. The van der Waals surface area contributed by atoms with Gasteiger partial charge in [0, 0.05) is 42.1 Å². The number of anilines is 1. The van der Waals surface area contributed by atoms with Gasteiger partial charge in [0.25, 0.3) is 0 Å². The van der Waals surface area contributed by atoms with Crippen molar-refractivity contribution in [3.05, 3.63) is 75.4 Å². The Bertz CT molecular complexity index is 1440. The van der Waals surface area contributed by atoms with E-state index in [0.29, 0.717) is 21.4 Å². The summed E-state index contributed by atoms with van der Waals surface area (Å²) < 4.78 is 1.95. The molecule has 1 fully saturated rings. The van der Waals surface area contributed by atoms with Gasteiger partial charge in [-0.1, -0.05) is 41.4 Å². The highest BCUT2D eigenvalue weighted by Crippen LogP contribution is 2.50. The summed E-state index contributed by atoms with van der Waals surface area (Å²) >= 11 is 12.9. The molecule has 0 unspecified atom stereocenters. The van der Waals surface area contributed by atoms with E-state index in [2.05, 4.69) is 20.9 Å². The highest BCUT2D eigenvalue weighted by Gasteiger charge is 2.47. The molecule has 4 aromatic rings. The predicted octanol–water partition coefficient (Wildman–Crippen LogP) is 4.74. The van der Waals surface area contributed by atoms with Crippen LogP contribution in [0, 0.1) is 12.3 Å². The Kier molecular flexibility index (Phi) is 5.49. The lowest BCUT2D eigenvalue weighted by atomic mass is 9.73. The van der Waals surface area contributed by atoms with Crippen LogP contribution < -0.4 is 10.6 Å². The quantitative estimate of drug-likeness (QED) is 0.415. The second-order valence-corrected chi connectivity index (χ2v) is 10.4. The minimum Gasteiger partial charge on any atom is -0.390 e. The topological polar surface area (TPSA) is 92.6 Å². The van der Waals surface area contributed by atoms with Crippen molar-refractivity contribution >= 4 is 34.8 Å². The number of hydrogen-bond donors (Lipinski definition) is 2. The molecule has 1 aliphatic heterocycles. The van der Waals surface area contributed by atoms with Gasteiger partial charge in [0.1, 0.15) is 5.65 Å². The maximum Gasteiger partial charge on any atom is 0.211 e. The predicted molar refractivity (Wildman–Crippen MR) is 138 cm³/mol. The molecule has 1 saturated heterocycles. The average molecular weight is 509 g/mol. The van der Waals surface area contributed by atoms with Crippen LogP contribution in [0.4, 0.5) is 5.95 Å². The number of imidazole rings is 1. The van der Waals surface area contributed by atoms with Crippen molar-refractivity contribution in [2.75, 3.05) is 18.0 Å². The number of benzene rings is 1. The zero-order chi connectivity index (χ0) is 24.3. The Morgan fingerprint density at radius 3 is 2.69 bits per heavy atom. The highest BCUT2D eigenvalue weighted by molar-refractivity contribution is 6.43. The fraction of sp³-hybridized carbons (Fsp3) is 0.346. The van der Waals surface area contributed by atoms with Gasteiger partial charge in [0.15, 0.2) is 0 Å². The number of nitrogens with two attached hydrogens (primary N) is 1. The molecular formula is C26H26Cl2N6O. The Balaban J connectivity index is 1.39. The third-order valence-corrected chi connectivity index (χ3v) is 8.57. The average Bonchev–Trinajstić information content (AvgIpc) is 3.41. The molecule has 1 aliphatic carbocycles. The molecule has 3 aromatic heterocycles. The van der Waals surface area contributed by atoms with Crippen molar-refractivity contribution in [1.29, 1.82) is 0 Å². The standard InChI is InChI=1S/C26H26Cl2N6O/c1-15-21(18-4-2-6-19(27)22(18)28)24-31-13-16(14-35)34(24)25(32-15)33-10-7-26(8-11-33)12-20-17(23(26)29)5-3-9-30-20/h2-6,9,13,23,35H,7-8,10-12,14,29H2,1H3/t23-/m1/s1. The Hall–Kier alpha value is -2.71. The van der Waals surface area contributed by atoms with Gasteiger partial charge in [-0.25, -0.2) is 9.97 Å². The van der Waals surface area contributed by atoms with Crippen molar-refractivity contribution in [1.82, 2.24) is 19.4 Å². The molecule has 6 rings (SSSR count). The second-order valence-electron chi connectivity index (χ2n) is 9.58. The summed E-state index contributed by atoms with van der Waals surface area (Å²) in [7, 11) is 0. The summed E-state index contributed by atoms with van der Waals surface area (Å²) in [6.07, 6.45) is 6.35. The molecule has 7 nitrogen and oxygen atoms in total. The van der Waals surface area contributed by atoms with Crippen LogP contribution in [0.1, 0.15) is 41.5 Å². The van der Waals surface area contributed by atoms with Gasteiger partial charge in [0.05, 0.1) is 34.2 Å². The van der Waals surface area contributed by atoms with E-state index in [1.54, 1.807) is 12.3 Å². The molecule has 180 valence electrons. The minimum atomic E-state index is -0.148. The smallest absolute Gasteiger partial charge is 0.211 e. The van der Waals surface area contributed by atoms with Gasteiger partial charge in [-0.05, 0) is 49.3 Å². The number of rotatable bonds is 3. The van der Waals surface area contributed by atoms with E-state index in [-0.39, 0.29) is 18.1 Å². The maximum atomic E-state index is 10.1. The molecule has 1 spiro atoms. The van der Waals surface area contributed by atoms with Crippen LogP contribution in [0.3, 0.4) is 0 Å². The Labute approximate surface area is 213 Å². The Morgan fingerprint density at radius 1 is 1.14 bits per heavy atom. The van der Waals surface area contributed by atoms with E-state index in [1.807, 2.05) is 35.7 Å². The van der Waals surface area contributed by atoms with Crippen LogP contribution in [-0.2, 0) is 13.0 Å². The molecule has 1 atom stereocenters. The SMILES string of the molecule is Cc1nc(N2CCC3(CC2)Cc2ncccc2[C@H]3N)n2c(CO)cnc2c1-c1cccc(Cl)c1Cl. The lowest BCUT2D eigenvalue weighted by Gasteiger charge is -2.42. The van der Waals surface area contributed by atoms with Crippen molar-refractivity contribution in [2.24, 2.45) is 11.1 Å². The molecule has 0 bridgehead atoms. The molecule has 9 heteroatoms. The molecule has 3 N–H and O–H groups in total. The monoisotopic (exact) mass is 508 g/mol. The van der Waals surface area contributed by atoms with Crippen molar-refractivity contribution in [3.8, 4) is 11.1 Å². The van der Waals surface area contributed by atoms with Crippen LogP contribution in [0.2, 0.25) is 10.0 Å². The van der Waals surface area contributed by atoms with E-state index in [0.717, 1.165) is 60.8 Å². The summed E-state index contributed by atoms with van der Waals surface area (Å²) in [5.41, 5.74) is 12.8. The second kappa shape index (κ2) is 8.45. The summed E-state index contributed by atoms with van der Waals surface area (Å²) in [6, 6.07) is 9.63. The zero-order valence-corrected chi connectivity index (χ0v) is 20.9. The summed E-state index contributed by atoms with van der Waals surface area (Å²) in [5.74, 6) is 0.776. The first-order valence-electron chi connectivity index (χ1n) is 11.8. The first kappa shape index (κ1) is 22.7. The number of aliphatic hydroxyl groups is 1. The van der Waals surface area contributed by atoms with E-state index in [9.17, 15) is 5.11 Å². The number of fused-ring (bicyclic) bond motifs is 2. The number of piperidine rings is 1. The van der Waals surface area contributed by atoms with Crippen molar-refractivity contribution in [3.63, 3.8) is 0 Å². The maximum absolute atomic E-state index is 10.1. The van der Waals surface area contributed by atoms with E-state index in [1.165, 1.54) is 5.56 Å². The molecule has 0 saturated carbocycles. The molecule has 0 amide bonds. The molecule has 0 radical (unpaired) electrons. The van der Waals surface area contributed by atoms with Crippen LogP contribution in [0.15, 0.2) is 42.7 Å². The Morgan fingerprint density at radius 2 is 1.94 bits per heavy atom.